The normalized spacial score (nSPS) is 10.3. The topological polar surface area (TPSA) is 63.9 Å². The van der Waals surface area contributed by atoms with E-state index < -0.39 is 0 Å². The molecule has 1 aromatic carbocycles. The van der Waals surface area contributed by atoms with Crippen LogP contribution in [0.25, 0.3) is 0 Å². The van der Waals surface area contributed by atoms with Crippen LogP contribution in [0.3, 0.4) is 0 Å². The smallest absolute Gasteiger partial charge is 0.142 e. The molecule has 4 nitrogen and oxygen atoms in total. The van der Waals surface area contributed by atoms with Crippen LogP contribution in [0.2, 0.25) is 0 Å². The summed E-state index contributed by atoms with van der Waals surface area (Å²) in [4.78, 5) is 0. The van der Waals surface area contributed by atoms with Crippen LogP contribution in [0.5, 0.6) is 5.75 Å². The number of nitrogens with two attached hydrogens (primary N) is 1. The number of anilines is 1. The van der Waals surface area contributed by atoms with E-state index in [1.54, 1.807) is 0 Å². The van der Waals surface area contributed by atoms with Crippen molar-refractivity contribution in [2.75, 3.05) is 12.3 Å². The molecule has 84 valence electrons. The Hall–Kier alpha value is -1.97. The quantitative estimate of drug-likeness (QED) is 0.769. The fourth-order valence-electron chi connectivity index (χ4n) is 1.48. The van der Waals surface area contributed by atoms with Crippen LogP contribution < -0.4 is 10.5 Å². The zero-order chi connectivity index (χ0) is 11.4. The molecule has 2 rings (SSSR count). The maximum Gasteiger partial charge on any atom is 0.142 e. The predicted octanol–water partition coefficient (Wildman–Crippen LogP) is 1.92. The first-order valence-corrected chi connectivity index (χ1v) is 5.24. The SMILES string of the molecule is Cc1cc(CCOc2ccccc2N)n[nH]1. The van der Waals surface area contributed by atoms with Crippen molar-refractivity contribution in [2.45, 2.75) is 13.3 Å². The second-order valence-corrected chi connectivity index (χ2v) is 3.68. The standard InChI is InChI=1S/C12H15N3O/c1-9-8-10(15-14-9)6-7-16-12-5-3-2-4-11(12)13/h2-5,8H,6-7,13H2,1H3,(H,14,15). The molecule has 0 aliphatic carbocycles. The predicted molar refractivity (Wildman–Crippen MR) is 63.4 cm³/mol. The average molecular weight is 217 g/mol. The van der Waals surface area contributed by atoms with Gasteiger partial charge in [-0.2, -0.15) is 5.10 Å². The molecule has 0 fully saturated rings. The zero-order valence-electron chi connectivity index (χ0n) is 9.23. The van der Waals surface area contributed by atoms with Gasteiger partial charge in [-0.3, -0.25) is 5.10 Å². The van der Waals surface area contributed by atoms with E-state index >= 15 is 0 Å². The summed E-state index contributed by atoms with van der Waals surface area (Å²) in [5.74, 6) is 0.731. The Labute approximate surface area is 94.4 Å². The summed E-state index contributed by atoms with van der Waals surface area (Å²) in [7, 11) is 0. The van der Waals surface area contributed by atoms with Crippen molar-refractivity contribution in [3.05, 3.63) is 41.7 Å². The minimum absolute atomic E-state index is 0.582. The first kappa shape index (κ1) is 10.5. The second-order valence-electron chi connectivity index (χ2n) is 3.68. The summed E-state index contributed by atoms with van der Waals surface area (Å²) >= 11 is 0. The van der Waals surface area contributed by atoms with Gasteiger partial charge in [0.05, 0.1) is 18.0 Å². The molecule has 0 radical (unpaired) electrons. The summed E-state index contributed by atoms with van der Waals surface area (Å²) < 4.78 is 5.57. The van der Waals surface area contributed by atoms with E-state index in [1.807, 2.05) is 37.3 Å². The minimum Gasteiger partial charge on any atom is -0.491 e. The average Bonchev–Trinajstić information content (AvgIpc) is 2.67. The summed E-state index contributed by atoms with van der Waals surface area (Å²) in [6.07, 6.45) is 0.776. The molecule has 4 heteroatoms. The number of nitrogen functional groups attached to an aromatic ring is 1. The molecule has 0 aliphatic heterocycles. The highest BCUT2D eigenvalue weighted by Crippen LogP contribution is 2.19. The number of rotatable bonds is 4. The third-order valence-electron chi connectivity index (χ3n) is 2.29. The van der Waals surface area contributed by atoms with E-state index in [-0.39, 0.29) is 0 Å². The molecule has 0 saturated carbocycles. The van der Waals surface area contributed by atoms with Gasteiger partial charge in [0.15, 0.2) is 0 Å². The van der Waals surface area contributed by atoms with Crippen molar-refractivity contribution >= 4 is 5.69 Å². The Kier molecular flexibility index (Phi) is 3.10. The van der Waals surface area contributed by atoms with E-state index in [2.05, 4.69) is 10.2 Å². The van der Waals surface area contributed by atoms with Crippen molar-refractivity contribution in [3.8, 4) is 5.75 Å². The van der Waals surface area contributed by atoms with Gasteiger partial charge in [0.1, 0.15) is 5.75 Å². The highest BCUT2D eigenvalue weighted by atomic mass is 16.5. The Morgan fingerprint density at radius 2 is 2.19 bits per heavy atom. The Balaban J connectivity index is 1.87. The lowest BCUT2D eigenvalue weighted by molar-refractivity contribution is 0.322. The van der Waals surface area contributed by atoms with Crippen molar-refractivity contribution < 1.29 is 4.74 Å². The Morgan fingerprint density at radius 3 is 2.88 bits per heavy atom. The van der Waals surface area contributed by atoms with Gasteiger partial charge in [-0.1, -0.05) is 12.1 Å². The molecule has 0 aliphatic rings. The maximum absolute atomic E-state index is 5.76. The summed E-state index contributed by atoms with van der Waals surface area (Å²) in [5.41, 5.74) is 8.50. The molecule has 0 amide bonds. The molecule has 0 atom stereocenters. The number of ether oxygens (including phenoxy) is 1. The number of hydrogen-bond acceptors (Lipinski definition) is 3. The Morgan fingerprint density at radius 1 is 1.38 bits per heavy atom. The van der Waals surface area contributed by atoms with Crippen molar-refractivity contribution in [3.63, 3.8) is 0 Å². The number of aryl methyl sites for hydroxylation is 1. The van der Waals surface area contributed by atoms with Gasteiger partial charge in [-0.15, -0.1) is 0 Å². The molecule has 2 aromatic rings. The summed E-state index contributed by atoms with van der Waals surface area (Å²) in [6.45, 7) is 2.56. The summed E-state index contributed by atoms with van der Waals surface area (Å²) in [6, 6.07) is 9.50. The molecule has 0 unspecified atom stereocenters. The number of aromatic amines is 1. The highest BCUT2D eigenvalue weighted by molar-refractivity contribution is 5.51. The molecule has 0 bridgehead atoms. The number of hydrogen-bond donors (Lipinski definition) is 2. The number of nitrogens with one attached hydrogen (secondary N) is 1. The van der Waals surface area contributed by atoms with E-state index in [0.717, 1.165) is 23.6 Å². The lowest BCUT2D eigenvalue weighted by Crippen LogP contribution is -2.03. The second kappa shape index (κ2) is 4.70. The number of nitrogens with zero attached hydrogens (tertiary/aromatic N) is 1. The number of para-hydroxylation sites is 2. The fraction of sp³-hybridized carbons (Fsp3) is 0.250. The van der Waals surface area contributed by atoms with Crippen LogP contribution in [-0.2, 0) is 6.42 Å². The van der Waals surface area contributed by atoms with Gasteiger partial charge in [-0.25, -0.2) is 0 Å². The minimum atomic E-state index is 0.582. The number of benzene rings is 1. The molecular weight excluding hydrogens is 202 g/mol. The van der Waals surface area contributed by atoms with Gasteiger partial charge in [0, 0.05) is 12.1 Å². The first-order valence-electron chi connectivity index (χ1n) is 5.24. The molecule has 0 saturated heterocycles. The Bertz CT molecular complexity index is 465. The number of aromatic nitrogens is 2. The van der Waals surface area contributed by atoms with Crippen LogP contribution in [0.15, 0.2) is 30.3 Å². The van der Waals surface area contributed by atoms with E-state index in [1.165, 1.54) is 0 Å². The van der Waals surface area contributed by atoms with Gasteiger partial charge < -0.3 is 10.5 Å². The molecule has 3 N–H and O–H groups in total. The first-order chi connectivity index (χ1) is 7.75. The number of H-pyrrole nitrogens is 1. The molecule has 1 aromatic heterocycles. The fourth-order valence-corrected chi connectivity index (χ4v) is 1.48. The van der Waals surface area contributed by atoms with E-state index in [0.29, 0.717) is 12.3 Å². The van der Waals surface area contributed by atoms with Gasteiger partial charge in [0.2, 0.25) is 0 Å². The largest absolute Gasteiger partial charge is 0.491 e. The molecule has 0 spiro atoms. The van der Waals surface area contributed by atoms with Gasteiger partial charge in [0.25, 0.3) is 0 Å². The molecular formula is C12H15N3O. The van der Waals surface area contributed by atoms with Crippen molar-refractivity contribution in [1.29, 1.82) is 0 Å². The third kappa shape index (κ3) is 2.53. The lowest BCUT2D eigenvalue weighted by atomic mass is 10.3. The van der Waals surface area contributed by atoms with Gasteiger partial charge >= 0.3 is 0 Å². The highest BCUT2D eigenvalue weighted by Gasteiger charge is 2.00. The third-order valence-corrected chi connectivity index (χ3v) is 2.29. The monoisotopic (exact) mass is 217 g/mol. The molecule has 1 heterocycles. The van der Waals surface area contributed by atoms with Crippen LogP contribution >= 0.6 is 0 Å². The van der Waals surface area contributed by atoms with Crippen LogP contribution in [-0.4, -0.2) is 16.8 Å². The maximum atomic E-state index is 5.76. The van der Waals surface area contributed by atoms with Gasteiger partial charge in [-0.05, 0) is 25.1 Å². The molecule has 16 heavy (non-hydrogen) atoms. The zero-order valence-corrected chi connectivity index (χ0v) is 9.23. The van der Waals surface area contributed by atoms with Crippen LogP contribution in [0.4, 0.5) is 5.69 Å². The van der Waals surface area contributed by atoms with E-state index in [4.69, 9.17) is 10.5 Å². The van der Waals surface area contributed by atoms with Crippen molar-refractivity contribution in [1.82, 2.24) is 10.2 Å². The lowest BCUT2D eigenvalue weighted by Gasteiger charge is -2.06. The summed E-state index contributed by atoms with van der Waals surface area (Å²) in [5, 5.41) is 7.03. The van der Waals surface area contributed by atoms with Crippen molar-refractivity contribution in [2.24, 2.45) is 0 Å². The van der Waals surface area contributed by atoms with Crippen LogP contribution in [0.1, 0.15) is 11.4 Å². The van der Waals surface area contributed by atoms with E-state index in [9.17, 15) is 0 Å². The van der Waals surface area contributed by atoms with Crippen LogP contribution in [0, 0.1) is 6.92 Å².